The van der Waals surface area contributed by atoms with Crippen LogP contribution in [0.2, 0.25) is 0 Å². The minimum Gasteiger partial charge on any atom is -0.490 e. The van der Waals surface area contributed by atoms with E-state index in [-0.39, 0.29) is 0 Å². The fraction of sp³-hybridized carbons (Fsp3) is 0.647. The second-order valence-corrected chi connectivity index (χ2v) is 7.01. The van der Waals surface area contributed by atoms with Gasteiger partial charge in [-0.2, -0.15) is 11.8 Å². The van der Waals surface area contributed by atoms with E-state index in [0.29, 0.717) is 6.04 Å². The number of fused-ring (bicyclic) bond motifs is 1. The fourth-order valence-corrected chi connectivity index (χ4v) is 3.66. The minimum atomic E-state index is 0.360. The van der Waals surface area contributed by atoms with Crippen LogP contribution in [0.5, 0.6) is 11.5 Å². The Morgan fingerprint density at radius 3 is 2.67 bits per heavy atom. The third-order valence-corrected chi connectivity index (χ3v) is 4.74. The summed E-state index contributed by atoms with van der Waals surface area (Å²) in [6, 6.07) is 6.68. The first-order chi connectivity index (χ1) is 10.2. The SMILES string of the molecule is CNC(CSCCC(C)C)c1ccc2c(c1)OCCCO2. The number of benzene rings is 1. The molecule has 4 heteroatoms. The van der Waals surface area contributed by atoms with Crippen molar-refractivity contribution >= 4 is 11.8 Å². The van der Waals surface area contributed by atoms with Crippen molar-refractivity contribution in [1.29, 1.82) is 0 Å². The van der Waals surface area contributed by atoms with Crippen LogP contribution in [-0.4, -0.2) is 31.8 Å². The molecule has 1 unspecified atom stereocenters. The summed E-state index contributed by atoms with van der Waals surface area (Å²) in [5.41, 5.74) is 1.28. The molecule has 1 aromatic rings. The van der Waals surface area contributed by atoms with Crippen LogP contribution in [-0.2, 0) is 0 Å². The van der Waals surface area contributed by atoms with E-state index in [4.69, 9.17) is 9.47 Å². The van der Waals surface area contributed by atoms with Gasteiger partial charge < -0.3 is 14.8 Å². The van der Waals surface area contributed by atoms with Gasteiger partial charge in [-0.3, -0.25) is 0 Å². The third-order valence-electron chi connectivity index (χ3n) is 3.65. The maximum Gasteiger partial charge on any atom is 0.161 e. The second kappa shape index (κ2) is 8.54. The van der Waals surface area contributed by atoms with E-state index in [1.54, 1.807) is 0 Å². The Morgan fingerprint density at radius 2 is 1.95 bits per heavy atom. The number of thioether (sulfide) groups is 1. The monoisotopic (exact) mass is 309 g/mol. The van der Waals surface area contributed by atoms with Gasteiger partial charge in [0.1, 0.15) is 0 Å². The molecule has 0 radical (unpaired) electrons. The smallest absolute Gasteiger partial charge is 0.161 e. The first kappa shape index (κ1) is 16.5. The van der Waals surface area contributed by atoms with Crippen molar-refractivity contribution in [3.8, 4) is 11.5 Å². The highest BCUT2D eigenvalue weighted by atomic mass is 32.2. The molecule has 0 fully saturated rings. The van der Waals surface area contributed by atoms with Crippen molar-refractivity contribution in [2.24, 2.45) is 5.92 Å². The minimum absolute atomic E-state index is 0.360. The van der Waals surface area contributed by atoms with Crippen molar-refractivity contribution in [2.75, 3.05) is 31.8 Å². The molecule has 0 spiro atoms. The number of ether oxygens (including phenoxy) is 2. The van der Waals surface area contributed by atoms with E-state index in [0.717, 1.165) is 42.8 Å². The summed E-state index contributed by atoms with van der Waals surface area (Å²) in [5, 5.41) is 3.41. The van der Waals surface area contributed by atoms with Gasteiger partial charge >= 0.3 is 0 Å². The molecule has 1 aliphatic rings. The Kier molecular flexibility index (Phi) is 6.71. The largest absolute Gasteiger partial charge is 0.490 e. The summed E-state index contributed by atoms with van der Waals surface area (Å²) >= 11 is 2.02. The van der Waals surface area contributed by atoms with Crippen LogP contribution in [0, 0.1) is 5.92 Å². The van der Waals surface area contributed by atoms with Crippen LogP contribution in [0.25, 0.3) is 0 Å². The molecule has 1 N–H and O–H groups in total. The molecule has 2 rings (SSSR count). The van der Waals surface area contributed by atoms with Gasteiger partial charge in [0, 0.05) is 18.2 Å². The Bertz CT molecular complexity index is 437. The van der Waals surface area contributed by atoms with Gasteiger partial charge in [0.05, 0.1) is 13.2 Å². The molecule has 0 saturated heterocycles. The molecule has 0 amide bonds. The standard InChI is InChI=1S/C17H27NO2S/c1-13(2)7-10-21-12-15(18-3)14-5-6-16-17(11-14)20-9-4-8-19-16/h5-6,11,13,15,18H,4,7-10,12H2,1-3H3. The van der Waals surface area contributed by atoms with E-state index < -0.39 is 0 Å². The zero-order valence-electron chi connectivity index (χ0n) is 13.4. The topological polar surface area (TPSA) is 30.5 Å². The molecule has 0 aromatic heterocycles. The summed E-state index contributed by atoms with van der Waals surface area (Å²) in [5.74, 6) is 4.85. The molecule has 1 heterocycles. The van der Waals surface area contributed by atoms with E-state index >= 15 is 0 Å². The number of rotatable bonds is 7. The summed E-state index contributed by atoms with van der Waals surface area (Å²) < 4.78 is 11.5. The molecule has 0 bridgehead atoms. The number of nitrogens with one attached hydrogen (secondary N) is 1. The maximum atomic E-state index is 5.78. The first-order valence-electron chi connectivity index (χ1n) is 7.85. The third kappa shape index (κ3) is 5.11. The molecule has 1 atom stereocenters. The Balaban J connectivity index is 1.96. The van der Waals surface area contributed by atoms with Gasteiger partial charge in [-0.05, 0) is 42.8 Å². The Morgan fingerprint density at radius 1 is 1.19 bits per heavy atom. The van der Waals surface area contributed by atoms with Gasteiger partial charge in [0.25, 0.3) is 0 Å². The predicted molar refractivity (Wildman–Crippen MR) is 90.6 cm³/mol. The predicted octanol–water partition coefficient (Wildman–Crippen LogP) is 3.89. The summed E-state index contributed by atoms with van der Waals surface area (Å²) in [4.78, 5) is 0. The van der Waals surface area contributed by atoms with Crippen LogP contribution in [0.3, 0.4) is 0 Å². The molecular formula is C17H27NO2S. The lowest BCUT2D eigenvalue weighted by molar-refractivity contribution is 0.297. The van der Waals surface area contributed by atoms with Crippen molar-refractivity contribution < 1.29 is 9.47 Å². The van der Waals surface area contributed by atoms with Crippen LogP contribution in [0.15, 0.2) is 18.2 Å². The van der Waals surface area contributed by atoms with E-state index in [1.165, 1.54) is 17.7 Å². The molecule has 21 heavy (non-hydrogen) atoms. The van der Waals surface area contributed by atoms with Crippen molar-refractivity contribution in [3.05, 3.63) is 23.8 Å². The molecule has 0 aliphatic carbocycles. The van der Waals surface area contributed by atoms with Crippen LogP contribution >= 0.6 is 11.8 Å². The lowest BCUT2D eigenvalue weighted by Crippen LogP contribution is -2.19. The zero-order valence-corrected chi connectivity index (χ0v) is 14.2. The lowest BCUT2D eigenvalue weighted by Gasteiger charge is -2.18. The molecule has 1 aromatic carbocycles. The highest BCUT2D eigenvalue weighted by molar-refractivity contribution is 7.99. The Hall–Kier alpha value is -0.870. The zero-order chi connectivity index (χ0) is 15.1. The van der Waals surface area contributed by atoms with Gasteiger partial charge in [-0.1, -0.05) is 19.9 Å². The molecule has 1 aliphatic heterocycles. The van der Waals surface area contributed by atoms with Crippen molar-refractivity contribution in [1.82, 2.24) is 5.32 Å². The van der Waals surface area contributed by atoms with Crippen LogP contribution in [0.1, 0.15) is 38.3 Å². The average molecular weight is 309 g/mol. The maximum absolute atomic E-state index is 5.78. The average Bonchev–Trinajstić information content (AvgIpc) is 2.71. The van der Waals surface area contributed by atoms with Crippen molar-refractivity contribution in [2.45, 2.75) is 32.7 Å². The summed E-state index contributed by atoms with van der Waals surface area (Å²) in [6.07, 6.45) is 2.23. The molecule has 0 saturated carbocycles. The number of hydrogen-bond acceptors (Lipinski definition) is 4. The van der Waals surface area contributed by atoms with Gasteiger partial charge in [-0.15, -0.1) is 0 Å². The van der Waals surface area contributed by atoms with Gasteiger partial charge in [-0.25, -0.2) is 0 Å². The van der Waals surface area contributed by atoms with Crippen molar-refractivity contribution in [3.63, 3.8) is 0 Å². The highest BCUT2D eigenvalue weighted by Crippen LogP contribution is 2.33. The molecular weight excluding hydrogens is 282 g/mol. The normalized spacial score (nSPS) is 15.8. The number of hydrogen-bond donors (Lipinski definition) is 1. The second-order valence-electron chi connectivity index (χ2n) is 5.86. The van der Waals surface area contributed by atoms with Gasteiger partial charge in [0.15, 0.2) is 11.5 Å². The summed E-state index contributed by atoms with van der Waals surface area (Å²) in [7, 11) is 2.02. The quantitative estimate of drug-likeness (QED) is 0.774. The molecule has 118 valence electrons. The Labute approximate surface area is 132 Å². The van der Waals surface area contributed by atoms with E-state index in [2.05, 4.69) is 31.3 Å². The van der Waals surface area contributed by atoms with Gasteiger partial charge in [0.2, 0.25) is 0 Å². The first-order valence-corrected chi connectivity index (χ1v) is 9.00. The lowest BCUT2D eigenvalue weighted by atomic mass is 10.1. The summed E-state index contributed by atoms with van der Waals surface area (Å²) in [6.45, 7) is 6.04. The highest BCUT2D eigenvalue weighted by Gasteiger charge is 2.15. The fourth-order valence-electron chi connectivity index (χ4n) is 2.26. The van der Waals surface area contributed by atoms with Crippen LogP contribution in [0.4, 0.5) is 0 Å². The molecule has 3 nitrogen and oxygen atoms in total. The van der Waals surface area contributed by atoms with Crippen LogP contribution < -0.4 is 14.8 Å². The van der Waals surface area contributed by atoms with E-state index in [1.807, 2.05) is 24.9 Å². The van der Waals surface area contributed by atoms with E-state index in [9.17, 15) is 0 Å².